The number of carbonyl (C=O) groups is 1. The Hall–Kier alpha value is -3.16. The van der Waals surface area contributed by atoms with Gasteiger partial charge in [-0.3, -0.25) is 9.36 Å². The summed E-state index contributed by atoms with van der Waals surface area (Å²) >= 11 is 1.26. The minimum absolute atomic E-state index is 0. The van der Waals surface area contributed by atoms with Gasteiger partial charge in [-0.1, -0.05) is 36.4 Å². The molecule has 0 radical (unpaired) electrons. The molecule has 6 nitrogen and oxygen atoms in total. The number of esters is 1. The van der Waals surface area contributed by atoms with Crippen molar-refractivity contribution in [1.82, 2.24) is 9.47 Å². The predicted molar refractivity (Wildman–Crippen MR) is 137 cm³/mol. The van der Waals surface area contributed by atoms with Crippen molar-refractivity contribution in [3.05, 3.63) is 69.3 Å². The van der Waals surface area contributed by atoms with Crippen molar-refractivity contribution < 1.29 is 9.53 Å². The quantitative estimate of drug-likeness (QED) is 0.363. The third-order valence-electron chi connectivity index (χ3n) is 6.00. The van der Waals surface area contributed by atoms with E-state index in [1.807, 2.05) is 62.5 Å². The lowest BCUT2D eigenvalue weighted by atomic mass is 10.1. The summed E-state index contributed by atoms with van der Waals surface area (Å²) in [5.74, 6) is 0.492. The van der Waals surface area contributed by atoms with Gasteiger partial charge in [0, 0.05) is 30.8 Å². The maximum atomic E-state index is 13.7. The number of benzene rings is 2. The molecule has 0 N–H and O–H groups in total. The number of methoxy groups -OCH3 is 1. The van der Waals surface area contributed by atoms with Gasteiger partial charge in [0.1, 0.15) is 21.2 Å². The molecule has 2 aromatic heterocycles. The Balaban J connectivity index is 0.00000259. The number of hydrogen-bond acceptors (Lipinski definition) is 5. The molecule has 5 rings (SSSR count). The number of rotatable bonds is 3. The molecule has 2 aromatic carbocycles. The molecule has 0 atom stereocenters. The molecule has 4 aromatic rings. The van der Waals surface area contributed by atoms with Crippen molar-refractivity contribution in [2.24, 2.45) is 4.99 Å². The van der Waals surface area contributed by atoms with Crippen molar-refractivity contribution in [2.75, 3.05) is 20.7 Å². The van der Waals surface area contributed by atoms with Crippen LogP contribution in [0.1, 0.15) is 28.1 Å². The number of fused-ring (bicyclic) bond motifs is 3. The van der Waals surface area contributed by atoms with Crippen molar-refractivity contribution in [3.8, 4) is 5.69 Å². The Labute approximate surface area is 201 Å². The molecule has 8 heteroatoms. The fourth-order valence-corrected chi connectivity index (χ4v) is 5.53. The molecule has 0 amide bonds. The van der Waals surface area contributed by atoms with E-state index in [1.54, 1.807) is 4.57 Å². The number of carbonyl (C=O) groups excluding carboxylic acids is 1. The largest absolute Gasteiger partial charge is 0.465 e. The average molecular weight is 482 g/mol. The van der Waals surface area contributed by atoms with Crippen LogP contribution in [-0.4, -0.2) is 42.0 Å². The molecule has 0 saturated carbocycles. The third-order valence-corrected chi connectivity index (χ3v) is 7.14. The highest BCUT2D eigenvalue weighted by molar-refractivity contribution is 7.21. The molecular weight excluding hydrogens is 458 g/mol. The van der Waals surface area contributed by atoms with Crippen molar-refractivity contribution in [3.63, 3.8) is 0 Å². The van der Waals surface area contributed by atoms with E-state index in [2.05, 4.69) is 4.90 Å². The highest BCUT2D eigenvalue weighted by atomic mass is 35.5. The SMILES string of the molecule is COC(=O)c1sc2c(c1N=C1CCCN1C)c1ccccc1c(=O)n2-c1ccccc1C.Cl. The van der Waals surface area contributed by atoms with Gasteiger partial charge in [-0.05, 0) is 36.4 Å². The summed E-state index contributed by atoms with van der Waals surface area (Å²) in [5.41, 5.74) is 2.24. The zero-order chi connectivity index (χ0) is 22.4. The lowest BCUT2D eigenvalue weighted by molar-refractivity contribution is 0.0607. The second-order valence-corrected chi connectivity index (χ2v) is 8.98. The predicted octanol–water partition coefficient (Wildman–Crippen LogP) is 5.48. The van der Waals surface area contributed by atoms with Crippen LogP contribution in [0.25, 0.3) is 26.7 Å². The first-order valence-corrected chi connectivity index (χ1v) is 11.4. The molecule has 0 unspecified atom stereocenters. The summed E-state index contributed by atoms with van der Waals surface area (Å²) in [5, 5.41) is 2.20. The van der Waals surface area contributed by atoms with Crippen molar-refractivity contribution in [2.45, 2.75) is 19.8 Å². The summed E-state index contributed by atoms with van der Waals surface area (Å²) in [6.07, 6.45) is 1.88. The van der Waals surface area contributed by atoms with E-state index in [0.717, 1.165) is 47.2 Å². The monoisotopic (exact) mass is 481 g/mol. The molecule has 0 bridgehead atoms. The number of para-hydroxylation sites is 1. The molecule has 170 valence electrons. The zero-order valence-electron chi connectivity index (χ0n) is 18.6. The first kappa shape index (κ1) is 23.0. The van der Waals surface area contributed by atoms with Gasteiger partial charge in [-0.2, -0.15) is 0 Å². The van der Waals surface area contributed by atoms with Crippen LogP contribution in [0.4, 0.5) is 5.69 Å². The summed E-state index contributed by atoms with van der Waals surface area (Å²) in [6.45, 7) is 2.91. The number of likely N-dealkylation sites (tertiary alicyclic amines) is 1. The van der Waals surface area contributed by atoms with Gasteiger partial charge in [0.25, 0.3) is 5.56 Å². The fourth-order valence-electron chi connectivity index (χ4n) is 4.35. The van der Waals surface area contributed by atoms with E-state index in [0.29, 0.717) is 20.8 Å². The summed E-state index contributed by atoms with van der Waals surface area (Å²) in [6, 6.07) is 15.3. The molecule has 1 fully saturated rings. The number of amidine groups is 1. The Morgan fingerprint density at radius 1 is 1.09 bits per heavy atom. The number of hydrogen-bond donors (Lipinski definition) is 0. The van der Waals surface area contributed by atoms with Crippen LogP contribution in [0.5, 0.6) is 0 Å². The van der Waals surface area contributed by atoms with Crippen LogP contribution in [0.3, 0.4) is 0 Å². The third kappa shape index (κ3) is 3.71. The molecule has 0 aliphatic carbocycles. The van der Waals surface area contributed by atoms with E-state index >= 15 is 0 Å². The molecule has 1 aliphatic rings. The normalized spacial score (nSPS) is 14.8. The van der Waals surface area contributed by atoms with Crippen LogP contribution in [-0.2, 0) is 4.74 Å². The van der Waals surface area contributed by atoms with E-state index < -0.39 is 5.97 Å². The van der Waals surface area contributed by atoms with E-state index in [4.69, 9.17) is 9.73 Å². The van der Waals surface area contributed by atoms with Gasteiger partial charge in [0.2, 0.25) is 0 Å². The number of aryl methyl sites for hydroxylation is 1. The minimum atomic E-state index is -0.445. The van der Waals surface area contributed by atoms with Crippen molar-refractivity contribution in [1.29, 1.82) is 0 Å². The fraction of sp³-hybridized carbons (Fsp3) is 0.240. The summed E-state index contributed by atoms with van der Waals surface area (Å²) in [7, 11) is 3.39. The van der Waals surface area contributed by atoms with Gasteiger partial charge in [0.05, 0.1) is 12.8 Å². The van der Waals surface area contributed by atoms with Crippen LogP contribution >= 0.6 is 23.7 Å². The Bertz CT molecular complexity index is 1470. The molecular formula is C25H24ClN3O3S. The van der Waals surface area contributed by atoms with E-state index in [-0.39, 0.29) is 18.0 Å². The molecule has 33 heavy (non-hydrogen) atoms. The average Bonchev–Trinajstić information content (AvgIpc) is 3.38. The smallest absolute Gasteiger partial charge is 0.350 e. The molecule has 3 heterocycles. The highest BCUT2D eigenvalue weighted by Crippen LogP contribution is 2.43. The van der Waals surface area contributed by atoms with Crippen LogP contribution in [0.2, 0.25) is 0 Å². The first-order chi connectivity index (χ1) is 15.5. The van der Waals surface area contributed by atoms with E-state index in [9.17, 15) is 9.59 Å². The molecule has 0 spiro atoms. The van der Waals surface area contributed by atoms with Gasteiger partial charge < -0.3 is 9.64 Å². The van der Waals surface area contributed by atoms with Gasteiger partial charge in [-0.15, -0.1) is 23.7 Å². The maximum absolute atomic E-state index is 13.7. The van der Waals surface area contributed by atoms with Crippen LogP contribution in [0, 0.1) is 6.92 Å². The molecule has 1 saturated heterocycles. The Morgan fingerprint density at radius 3 is 2.45 bits per heavy atom. The second-order valence-electron chi connectivity index (χ2n) is 7.98. The number of halogens is 1. The number of thiophene rings is 1. The standard InChI is InChI=1S/C25H23N3O3S.ClH/c1-15-9-4-7-12-18(15)28-23(29)17-11-6-5-10-16(17)20-21(26-19-13-8-14-27(19)2)22(25(30)31-3)32-24(20)28;/h4-7,9-12H,8,13-14H2,1-3H3;1H. The summed E-state index contributed by atoms with van der Waals surface area (Å²) in [4.78, 5) is 34.7. The summed E-state index contributed by atoms with van der Waals surface area (Å²) < 4.78 is 6.83. The number of aliphatic imine (C=N–C) groups is 1. The molecule has 1 aliphatic heterocycles. The van der Waals surface area contributed by atoms with Gasteiger partial charge in [-0.25, -0.2) is 9.79 Å². The van der Waals surface area contributed by atoms with Crippen LogP contribution < -0.4 is 5.56 Å². The zero-order valence-corrected chi connectivity index (χ0v) is 20.3. The maximum Gasteiger partial charge on any atom is 0.350 e. The number of pyridine rings is 1. The lowest BCUT2D eigenvalue weighted by Gasteiger charge is -2.13. The lowest BCUT2D eigenvalue weighted by Crippen LogP contribution is -2.19. The van der Waals surface area contributed by atoms with Crippen molar-refractivity contribution >= 4 is 62.2 Å². The number of aromatic nitrogens is 1. The topological polar surface area (TPSA) is 63.9 Å². The van der Waals surface area contributed by atoms with Gasteiger partial charge in [0.15, 0.2) is 0 Å². The van der Waals surface area contributed by atoms with E-state index in [1.165, 1.54) is 18.4 Å². The van der Waals surface area contributed by atoms with Crippen LogP contribution in [0.15, 0.2) is 58.3 Å². The van der Waals surface area contributed by atoms with Gasteiger partial charge >= 0.3 is 5.97 Å². The number of nitrogens with zero attached hydrogens (tertiary/aromatic N) is 3. The highest BCUT2D eigenvalue weighted by Gasteiger charge is 2.26. The Kier molecular flexibility index (Phi) is 6.28. The first-order valence-electron chi connectivity index (χ1n) is 10.5. The number of ether oxygens (including phenoxy) is 1. The second kappa shape index (κ2) is 9.00. The minimum Gasteiger partial charge on any atom is -0.465 e. The Morgan fingerprint density at radius 2 is 1.79 bits per heavy atom.